The summed E-state index contributed by atoms with van der Waals surface area (Å²) in [6, 6.07) is 1.30. The molecule has 0 bridgehead atoms. The lowest BCUT2D eigenvalue weighted by atomic mass is 10.4. The van der Waals surface area contributed by atoms with Crippen molar-refractivity contribution in [2.75, 3.05) is 18.5 Å². The molecule has 0 unspecified atom stereocenters. The maximum atomic E-state index is 11.1. The molecule has 1 heterocycles. The Kier molecular flexibility index (Phi) is 3.47. The van der Waals surface area contributed by atoms with Crippen LogP contribution < -0.4 is 16.6 Å². The summed E-state index contributed by atoms with van der Waals surface area (Å²) in [7, 11) is 1.40. The average Bonchev–Trinajstić information content (AvgIpc) is 2.14. The van der Waals surface area contributed by atoms with Crippen LogP contribution in [0.15, 0.2) is 15.7 Å². The number of anilines is 1. The van der Waals surface area contributed by atoms with Gasteiger partial charge >= 0.3 is 5.69 Å². The summed E-state index contributed by atoms with van der Waals surface area (Å²) in [5, 5.41) is 11.3. The Morgan fingerprint density at radius 2 is 2.29 bits per heavy atom. The Balaban J connectivity index is 2.80. The first-order valence-corrected chi connectivity index (χ1v) is 4.30. The van der Waals surface area contributed by atoms with Crippen LogP contribution in [-0.4, -0.2) is 27.8 Å². The molecule has 3 N–H and O–H groups in total. The molecule has 0 saturated carbocycles. The minimum atomic E-state index is -0.455. The standard InChI is InChI=1S/C8H13N3O3/c1-11-7(13)5-6(10-8(11)14)9-3-2-4-12/h5,9,12H,2-4H2,1H3,(H,10,14). The Morgan fingerprint density at radius 3 is 2.86 bits per heavy atom. The smallest absolute Gasteiger partial charge is 0.329 e. The normalized spacial score (nSPS) is 10.1. The molecular formula is C8H13N3O3. The highest BCUT2D eigenvalue weighted by atomic mass is 16.3. The molecular weight excluding hydrogens is 186 g/mol. The number of nitrogens with zero attached hydrogens (tertiary/aromatic N) is 1. The van der Waals surface area contributed by atoms with Gasteiger partial charge < -0.3 is 10.4 Å². The molecule has 6 heteroatoms. The van der Waals surface area contributed by atoms with Gasteiger partial charge in [0.1, 0.15) is 5.82 Å². The van der Waals surface area contributed by atoms with Gasteiger partial charge in [-0.15, -0.1) is 0 Å². The summed E-state index contributed by atoms with van der Waals surface area (Å²) >= 11 is 0. The van der Waals surface area contributed by atoms with E-state index in [4.69, 9.17) is 5.11 Å². The molecule has 1 aromatic rings. The summed E-state index contributed by atoms with van der Waals surface area (Å²) in [6.45, 7) is 0.585. The van der Waals surface area contributed by atoms with Crippen LogP contribution in [0.2, 0.25) is 0 Å². The average molecular weight is 199 g/mol. The van der Waals surface area contributed by atoms with E-state index in [0.717, 1.165) is 4.57 Å². The van der Waals surface area contributed by atoms with Gasteiger partial charge in [0.05, 0.1) is 0 Å². The van der Waals surface area contributed by atoms with E-state index in [2.05, 4.69) is 10.3 Å². The van der Waals surface area contributed by atoms with Crippen molar-refractivity contribution in [1.29, 1.82) is 0 Å². The van der Waals surface area contributed by atoms with Gasteiger partial charge in [0, 0.05) is 26.3 Å². The van der Waals surface area contributed by atoms with Crippen LogP contribution in [0.5, 0.6) is 0 Å². The van der Waals surface area contributed by atoms with Crippen LogP contribution in [0.3, 0.4) is 0 Å². The lowest BCUT2D eigenvalue weighted by Crippen LogP contribution is -2.32. The van der Waals surface area contributed by atoms with E-state index in [1.165, 1.54) is 13.1 Å². The first-order valence-electron chi connectivity index (χ1n) is 4.30. The molecule has 1 rings (SSSR count). The molecule has 0 spiro atoms. The van der Waals surface area contributed by atoms with Gasteiger partial charge in [-0.2, -0.15) is 0 Å². The number of hydrogen-bond donors (Lipinski definition) is 3. The highest BCUT2D eigenvalue weighted by Gasteiger charge is 1.98. The molecule has 0 aliphatic rings. The van der Waals surface area contributed by atoms with Gasteiger partial charge in [0.2, 0.25) is 0 Å². The van der Waals surface area contributed by atoms with Crippen LogP contribution in [0.4, 0.5) is 5.82 Å². The number of aliphatic hydroxyl groups is 1. The highest BCUT2D eigenvalue weighted by molar-refractivity contribution is 5.31. The molecule has 0 saturated heterocycles. The van der Waals surface area contributed by atoms with E-state index >= 15 is 0 Å². The molecule has 0 aliphatic heterocycles. The fourth-order valence-corrected chi connectivity index (χ4v) is 0.953. The van der Waals surface area contributed by atoms with Crippen molar-refractivity contribution in [3.8, 4) is 0 Å². The lowest BCUT2D eigenvalue weighted by Gasteiger charge is -2.04. The van der Waals surface area contributed by atoms with Gasteiger partial charge in [-0.3, -0.25) is 14.3 Å². The van der Waals surface area contributed by atoms with Gasteiger partial charge in [-0.25, -0.2) is 4.79 Å². The van der Waals surface area contributed by atoms with Gasteiger partial charge in [-0.05, 0) is 6.42 Å². The van der Waals surface area contributed by atoms with Crippen molar-refractivity contribution < 1.29 is 5.11 Å². The van der Waals surface area contributed by atoms with Crippen LogP contribution in [0.1, 0.15) is 6.42 Å². The summed E-state index contributed by atoms with van der Waals surface area (Å²) in [6.07, 6.45) is 0.567. The second kappa shape index (κ2) is 4.61. The largest absolute Gasteiger partial charge is 0.396 e. The number of H-pyrrole nitrogens is 1. The van der Waals surface area contributed by atoms with Crippen molar-refractivity contribution in [1.82, 2.24) is 9.55 Å². The first-order chi connectivity index (χ1) is 6.65. The Bertz CT molecular complexity index is 376. The minimum absolute atomic E-state index is 0.0715. The van der Waals surface area contributed by atoms with Gasteiger partial charge in [0.25, 0.3) is 5.56 Å². The molecule has 0 atom stereocenters. The number of aromatic nitrogens is 2. The third kappa shape index (κ3) is 2.46. The van der Waals surface area contributed by atoms with Crippen LogP contribution in [0, 0.1) is 0 Å². The Labute approximate surface area is 80.2 Å². The number of hydrogen-bond acceptors (Lipinski definition) is 4. The quantitative estimate of drug-likeness (QED) is 0.535. The third-order valence-electron chi connectivity index (χ3n) is 1.79. The summed E-state index contributed by atoms with van der Waals surface area (Å²) in [5.41, 5.74) is -0.816. The number of aliphatic hydroxyl groups excluding tert-OH is 1. The molecule has 6 nitrogen and oxygen atoms in total. The lowest BCUT2D eigenvalue weighted by molar-refractivity contribution is 0.292. The molecule has 0 fully saturated rings. The maximum absolute atomic E-state index is 11.1. The van der Waals surface area contributed by atoms with Crippen LogP contribution in [0.25, 0.3) is 0 Å². The van der Waals surface area contributed by atoms with Crippen molar-refractivity contribution in [2.45, 2.75) is 6.42 Å². The topological polar surface area (TPSA) is 87.1 Å². The number of aromatic amines is 1. The Hall–Kier alpha value is -1.56. The second-order valence-electron chi connectivity index (χ2n) is 2.89. The van der Waals surface area contributed by atoms with Crippen molar-refractivity contribution in [3.05, 3.63) is 26.9 Å². The van der Waals surface area contributed by atoms with Crippen LogP contribution in [-0.2, 0) is 7.05 Å². The SMILES string of the molecule is Cn1c(=O)cc(NCCCO)[nH]c1=O. The van der Waals surface area contributed by atoms with Gasteiger partial charge in [0.15, 0.2) is 0 Å². The molecule has 0 aliphatic carbocycles. The zero-order valence-corrected chi connectivity index (χ0v) is 7.91. The fourth-order valence-electron chi connectivity index (χ4n) is 0.953. The third-order valence-corrected chi connectivity index (χ3v) is 1.79. The van der Waals surface area contributed by atoms with E-state index in [1.54, 1.807) is 0 Å². The molecule has 14 heavy (non-hydrogen) atoms. The van der Waals surface area contributed by atoms with Crippen molar-refractivity contribution in [3.63, 3.8) is 0 Å². The predicted molar refractivity (Wildman–Crippen MR) is 52.5 cm³/mol. The predicted octanol–water partition coefficient (Wildman–Crippen LogP) is -1.13. The van der Waals surface area contributed by atoms with E-state index < -0.39 is 5.69 Å². The van der Waals surface area contributed by atoms with E-state index in [0.29, 0.717) is 18.8 Å². The fraction of sp³-hybridized carbons (Fsp3) is 0.500. The summed E-state index contributed by atoms with van der Waals surface area (Å²) in [5.74, 6) is 0.381. The first kappa shape index (κ1) is 10.5. The highest BCUT2D eigenvalue weighted by Crippen LogP contribution is 1.92. The zero-order chi connectivity index (χ0) is 10.6. The summed E-state index contributed by atoms with van der Waals surface area (Å²) in [4.78, 5) is 24.7. The summed E-state index contributed by atoms with van der Waals surface area (Å²) < 4.78 is 0.983. The molecule has 0 aromatic carbocycles. The van der Waals surface area contributed by atoms with E-state index in [-0.39, 0.29) is 12.2 Å². The van der Waals surface area contributed by atoms with E-state index in [1.807, 2.05) is 0 Å². The molecule has 78 valence electrons. The van der Waals surface area contributed by atoms with Crippen LogP contribution >= 0.6 is 0 Å². The monoisotopic (exact) mass is 199 g/mol. The maximum Gasteiger partial charge on any atom is 0.329 e. The van der Waals surface area contributed by atoms with Crippen molar-refractivity contribution in [2.24, 2.45) is 7.05 Å². The number of nitrogens with one attached hydrogen (secondary N) is 2. The van der Waals surface area contributed by atoms with E-state index in [9.17, 15) is 9.59 Å². The Morgan fingerprint density at radius 1 is 1.57 bits per heavy atom. The molecule has 1 aromatic heterocycles. The zero-order valence-electron chi connectivity index (χ0n) is 7.91. The molecule has 0 amide bonds. The number of rotatable bonds is 4. The van der Waals surface area contributed by atoms with Gasteiger partial charge in [-0.1, -0.05) is 0 Å². The second-order valence-corrected chi connectivity index (χ2v) is 2.89. The minimum Gasteiger partial charge on any atom is -0.396 e. The molecule has 0 radical (unpaired) electrons. The van der Waals surface area contributed by atoms with Crippen molar-refractivity contribution >= 4 is 5.82 Å².